The summed E-state index contributed by atoms with van der Waals surface area (Å²) in [6.45, 7) is 1.79. The Balaban J connectivity index is 1.73. The summed E-state index contributed by atoms with van der Waals surface area (Å²) in [4.78, 5) is 4.45. The number of hydrogen-bond acceptors (Lipinski definition) is 4. The van der Waals surface area contributed by atoms with Gasteiger partial charge >= 0.3 is 0 Å². The Morgan fingerprint density at radius 1 is 1.31 bits per heavy atom. The highest BCUT2D eigenvalue weighted by Crippen LogP contribution is 2.41. The third kappa shape index (κ3) is 2.23. The van der Waals surface area contributed by atoms with Crippen LogP contribution in [-0.2, 0) is 0 Å². The zero-order valence-electron chi connectivity index (χ0n) is 14.5. The smallest absolute Gasteiger partial charge is 0.181 e. The number of halogens is 1. The number of nitrogens with one attached hydrogen (secondary N) is 2. The molecular weight excluding hydrogens is 333 g/mol. The molecule has 1 aliphatic carbocycles. The number of rotatable bonds is 4. The molecule has 0 saturated heterocycles. The topological polar surface area (TPSA) is 67.2 Å². The fourth-order valence-corrected chi connectivity index (χ4v) is 3.34. The van der Waals surface area contributed by atoms with Crippen LogP contribution < -0.4 is 10.1 Å². The molecule has 2 N–H and O–H groups in total. The first-order valence-corrected chi connectivity index (χ1v) is 8.64. The second-order valence-electron chi connectivity index (χ2n) is 6.68. The average molecular weight is 351 g/mol. The maximum Gasteiger partial charge on any atom is 0.181 e. The summed E-state index contributed by atoms with van der Waals surface area (Å²) in [6.07, 6.45) is 7.65. The molecule has 6 nitrogen and oxygen atoms in total. The Kier molecular flexibility index (Phi) is 3.19. The van der Waals surface area contributed by atoms with E-state index in [9.17, 15) is 0 Å². The third-order valence-corrected chi connectivity index (χ3v) is 4.84. The Morgan fingerprint density at radius 3 is 2.92 bits per heavy atom. The number of hydrogen-bond donors (Lipinski definition) is 2. The van der Waals surface area contributed by atoms with E-state index in [1.165, 1.54) is 0 Å². The van der Waals surface area contributed by atoms with Gasteiger partial charge in [0.1, 0.15) is 17.0 Å². The lowest BCUT2D eigenvalue weighted by Gasteiger charge is -2.14. The Labute approximate surface area is 149 Å². The van der Waals surface area contributed by atoms with E-state index in [1.807, 2.05) is 36.0 Å². The summed E-state index contributed by atoms with van der Waals surface area (Å²) in [7, 11) is 1.83. The fraction of sp³-hybridized carbons (Fsp3) is 0.263. The third-order valence-electron chi connectivity index (χ3n) is 4.84. The van der Waals surface area contributed by atoms with Crippen molar-refractivity contribution in [2.45, 2.75) is 25.9 Å². The lowest BCUT2D eigenvalue weighted by atomic mass is 9.97. The second-order valence-corrected chi connectivity index (χ2v) is 6.68. The number of aromatic nitrogens is 4. The number of imidazole rings is 1. The molecule has 1 fully saturated rings. The highest BCUT2D eigenvalue weighted by molar-refractivity contribution is 5.99. The average Bonchev–Trinajstić information content (AvgIpc) is 3.17. The molecule has 5 rings (SSSR count). The molecule has 0 spiro atoms. The van der Waals surface area contributed by atoms with Gasteiger partial charge in [0.05, 0.1) is 18.5 Å². The summed E-state index contributed by atoms with van der Waals surface area (Å²) in [5.41, 5.74) is 3.71. The molecule has 3 aromatic heterocycles. The van der Waals surface area contributed by atoms with Crippen molar-refractivity contribution in [1.82, 2.24) is 19.6 Å². The summed E-state index contributed by atoms with van der Waals surface area (Å²) < 4.78 is 22.9. The number of H-pyrrole nitrogens is 1. The van der Waals surface area contributed by atoms with Crippen molar-refractivity contribution in [3.8, 4) is 16.9 Å². The minimum Gasteiger partial charge on any atom is -0.485 e. The lowest BCUT2D eigenvalue weighted by molar-refractivity contribution is 0.290. The Morgan fingerprint density at radius 2 is 2.15 bits per heavy atom. The minimum absolute atomic E-state index is 0.114. The van der Waals surface area contributed by atoms with Crippen LogP contribution in [0.5, 0.6) is 5.75 Å². The van der Waals surface area contributed by atoms with Crippen LogP contribution in [0, 0.1) is 12.7 Å². The molecule has 4 aromatic rings. The van der Waals surface area contributed by atoms with E-state index in [-0.39, 0.29) is 17.7 Å². The van der Waals surface area contributed by atoms with Crippen molar-refractivity contribution in [3.05, 3.63) is 42.1 Å². The number of nitrogens with zero attached hydrogens (tertiary/aromatic N) is 3. The van der Waals surface area contributed by atoms with Crippen LogP contribution in [0.4, 0.5) is 10.2 Å². The van der Waals surface area contributed by atoms with Gasteiger partial charge in [0.15, 0.2) is 11.6 Å². The van der Waals surface area contributed by atoms with Gasteiger partial charge in [-0.3, -0.25) is 5.10 Å². The van der Waals surface area contributed by atoms with Gasteiger partial charge in [-0.15, -0.1) is 0 Å². The molecule has 0 atom stereocenters. The molecule has 1 aromatic carbocycles. The van der Waals surface area contributed by atoms with E-state index in [1.54, 1.807) is 13.1 Å². The van der Waals surface area contributed by atoms with Crippen molar-refractivity contribution < 1.29 is 9.13 Å². The van der Waals surface area contributed by atoms with Crippen molar-refractivity contribution in [2.24, 2.45) is 0 Å². The number of aromatic amines is 1. The van der Waals surface area contributed by atoms with Gasteiger partial charge in [-0.25, -0.2) is 9.37 Å². The van der Waals surface area contributed by atoms with Gasteiger partial charge in [0.2, 0.25) is 0 Å². The zero-order valence-corrected chi connectivity index (χ0v) is 14.5. The highest BCUT2D eigenvalue weighted by atomic mass is 19.1. The van der Waals surface area contributed by atoms with Crippen LogP contribution >= 0.6 is 0 Å². The summed E-state index contributed by atoms with van der Waals surface area (Å²) in [5.74, 6) is 0.736. The van der Waals surface area contributed by atoms with Gasteiger partial charge in [-0.05, 0) is 43.0 Å². The zero-order chi connectivity index (χ0) is 17.8. The van der Waals surface area contributed by atoms with Crippen LogP contribution in [0.1, 0.15) is 18.4 Å². The van der Waals surface area contributed by atoms with Crippen molar-refractivity contribution in [3.63, 3.8) is 0 Å². The van der Waals surface area contributed by atoms with Crippen LogP contribution in [0.15, 0.2) is 30.7 Å². The largest absolute Gasteiger partial charge is 0.485 e. The van der Waals surface area contributed by atoms with Gasteiger partial charge in [0, 0.05) is 24.2 Å². The van der Waals surface area contributed by atoms with Gasteiger partial charge in [-0.2, -0.15) is 5.10 Å². The predicted molar refractivity (Wildman–Crippen MR) is 98.2 cm³/mol. The Hall–Kier alpha value is -3.09. The molecule has 1 aliphatic rings. The van der Waals surface area contributed by atoms with Gasteiger partial charge in [-0.1, -0.05) is 0 Å². The van der Waals surface area contributed by atoms with E-state index < -0.39 is 0 Å². The van der Waals surface area contributed by atoms with Crippen LogP contribution in [0.3, 0.4) is 0 Å². The Bertz CT molecular complexity index is 1140. The molecule has 1 saturated carbocycles. The molecule has 26 heavy (non-hydrogen) atoms. The number of fused-ring (bicyclic) bond motifs is 2. The van der Waals surface area contributed by atoms with E-state index in [4.69, 9.17) is 4.74 Å². The van der Waals surface area contributed by atoms with Crippen LogP contribution in [0.25, 0.3) is 27.7 Å². The number of pyridine rings is 1. The van der Waals surface area contributed by atoms with E-state index in [0.717, 1.165) is 40.8 Å². The van der Waals surface area contributed by atoms with E-state index in [2.05, 4.69) is 20.5 Å². The maximum atomic E-state index is 15.1. The number of anilines is 1. The monoisotopic (exact) mass is 351 g/mol. The predicted octanol–water partition coefficient (Wildman–Crippen LogP) is 3.91. The fourth-order valence-electron chi connectivity index (χ4n) is 3.34. The van der Waals surface area contributed by atoms with Crippen LogP contribution in [0.2, 0.25) is 0 Å². The highest BCUT2D eigenvalue weighted by Gasteiger charge is 2.28. The van der Waals surface area contributed by atoms with Crippen molar-refractivity contribution in [1.29, 1.82) is 0 Å². The summed E-state index contributed by atoms with van der Waals surface area (Å²) in [6, 6.07) is 3.88. The minimum atomic E-state index is -0.328. The molecular formula is C19H18FN5O. The lowest BCUT2D eigenvalue weighted by Crippen LogP contribution is -2.02. The normalized spacial score (nSPS) is 14.3. The first-order valence-electron chi connectivity index (χ1n) is 8.64. The van der Waals surface area contributed by atoms with Gasteiger partial charge in [0.25, 0.3) is 0 Å². The molecule has 132 valence electrons. The molecule has 0 unspecified atom stereocenters. The number of ether oxygens (including phenoxy) is 1. The van der Waals surface area contributed by atoms with E-state index in [0.29, 0.717) is 11.1 Å². The summed E-state index contributed by atoms with van der Waals surface area (Å²) >= 11 is 0. The van der Waals surface area contributed by atoms with Crippen molar-refractivity contribution in [2.75, 3.05) is 12.4 Å². The molecule has 0 radical (unpaired) electrons. The van der Waals surface area contributed by atoms with Crippen LogP contribution in [-0.4, -0.2) is 32.7 Å². The second kappa shape index (κ2) is 5.45. The molecule has 0 bridgehead atoms. The molecule has 7 heteroatoms. The first-order chi connectivity index (χ1) is 12.7. The maximum absolute atomic E-state index is 15.1. The summed E-state index contributed by atoms with van der Waals surface area (Å²) in [5, 5.41) is 10.9. The van der Waals surface area contributed by atoms with Crippen molar-refractivity contribution >= 4 is 22.4 Å². The standard InChI is InChI=1S/C19H18FN5O/c1-10-16(11-3-6-15-23-14(21-2)9-25(15)8-11)13-7-22-24-18(13)19(17(10)20)26-12-4-5-12/h3,6-9,12,21H,4-5H2,1-2H3,(H,22,24). The molecule has 0 aliphatic heterocycles. The SMILES string of the molecule is CNc1cn2cc(-c3c(C)c(F)c(OC4CC4)c4[nH]ncc34)ccc2n1. The number of benzene rings is 1. The first kappa shape index (κ1) is 15.2. The molecule has 3 heterocycles. The molecule has 0 amide bonds. The quantitative estimate of drug-likeness (QED) is 0.585. The van der Waals surface area contributed by atoms with E-state index >= 15 is 4.39 Å². The van der Waals surface area contributed by atoms with Gasteiger partial charge < -0.3 is 14.5 Å².